The molecular weight excluding hydrogens is 239 g/mol. The molecule has 2 aliphatic heterocycles. The van der Waals surface area contributed by atoms with E-state index in [0.717, 1.165) is 0 Å². The molecule has 3 unspecified atom stereocenters. The van der Waals surface area contributed by atoms with Crippen molar-refractivity contribution in [2.45, 2.75) is 37.6 Å². The normalized spacial score (nSPS) is 33.2. The molecule has 0 aromatic heterocycles. The number of nitrogens with zero attached hydrogens (tertiary/aromatic N) is 1. The van der Waals surface area contributed by atoms with E-state index in [4.69, 9.17) is 12.2 Å². The van der Waals surface area contributed by atoms with Crippen LogP contribution in [0.15, 0.2) is 0 Å². The van der Waals surface area contributed by atoms with Gasteiger partial charge in [-0.15, -0.1) is 0 Å². The molecule has 2 rings (SSSR count). The van der Waals surface area contributed by atoms with Gasteiger partial charge < -0.3 is 15.5 Å². The number of halogens is 3. The second kappa shape index (κ2) is 4.03. The van der Waals surface area contributed by atoms with Crippen LogP contribution < -0.4 is 10.6 Å². The van der Waals surface area contributed by atoms with Crippen LogP contribution in [-0.4, -0.2) is 47.4 Å². The Morgan fingerprint density at radius 3 is 2.81 bits per heavy atom. The Balaban J connectivity index is 2.18. The lowest BCUT2D eigenvalue weighted by Crippen LogP contribution is -2.61. The standard InChI is InChI=1S/C9H14F3N3S/c1-2-13-8(16)15-5-3-6(14-4-5)7(15)9(10,11)12/h5-7,14H,2-4H2,1H3,(H,13,16). The van der Waals surface area contributed by atoms with E-state index in [0.29, 0.717) is 19.5 Å². The van der Waals surface area contributed by atoms with Crippen molar-refractivity contribution in [3.63, 3.8) is 0 Å². The molecule has 0 aromatic rings. The Morgan fingerprint density at radius 2 is 2.25 bits per heavy atom. The highest BCUT2D eigenvalue weighted by Crippen LogP contribution is 2.39. The number of alkyl halides is 3. The van der Waals surface area contributed by atoms with Crippen LogP contribution >= 0.6 is 12.2 Å². The summed E-state index contributed by atoms with van der Waals surface area (Å²) < 4.78 is 38.7. The van der Waals surface area contributed by atoms with Gasteiger partial charge >= 0.3 is 6.18 Å². The minimum Gasteiger partial charge on any atom is -0.363 e. The highest BCUT2D eigenvalue weighted by Gasteiger charge is 2.58. The number of hydrogen-bond donors (Lipinski definition) is 2. The largest absolute Gasteiger partial charge is 0.410 e. The van der Waals surface area contributed by atoms with Crippen molar-refractivity contribution < 1.29 is 13.2 Å². The van der Waals surface area contributed by atoms with Crippen LogP contribution in [0, 0.1) is 0 Å². The topological polar surface area (TPSA) is 27.3 Å². The van der Waals surface area contributed by atoms with Crippen molar-refractivity contribution in [1.29, 1.82) is 0 Å². The molecule has 0 aromatic carbocycles. The summed E-state index contributed by atoms with van der Waals surface area (Å²) in [6.07, 6.45) is -3.71. The maximum Gasteiger partial charge on any atom is 0.410 e. The Labute approximate surface area is 97.4 Å². The number of nitrogens with one attached hydrogen (secondary N) is 2. The summed E-state index contributed by atoms with van der Waals surface area (Å²) >= 11 is 5.01. The highest BCUT2D eigenvalue weighted by atomic mass is 32.1. The van der Waals surface area contributed by atoms with E-state index < -0.39 is 18.3 Å². The first kappa shape index (κ1) is 11.9. The number of piperazine rings is 1. The molecule has 2 N–H and O–H groups in total. The lowest BCUT2D eigenvalue weighted by atomic mass is 10.1. The van der Waals surface area contributed by atoms with Crippen molar-refractivity contribution in [1.82, 2.24) is 15.5 Å². The molecule has 0 amide bonds. The van der Waals surface area contributed by atoms with Gasteiger partial charge in [0, 0.05) is 25.2 Å². The molecule has 92 valence electrons. The fourth-order valence-electron chi connectivity index (χ4n) is 2.54. The first-order chi connectivity index (χ1) is 7.45. The Morgan fingerprint density at radius 1 is 1.56 bits per heavy atom. The first-order valence-electron chi connectivity index (χ1n) is 5.31. The first-order valence-corrected chi connectivity index (χ1v) is 5.72. The Hall–Kier alpha value is -0.560. The molecule has 0 spiro atoms. The molecule has 2 fully saturated rings. The van der Waals surface area contributed by atoms with Crippen LogP contribution in [-0.2, 0) is 0 Å². The predicted molar refractivity (Wildman–Crippen MR) is 58.2 cm³/mol. The quantitative estimate of drug-likeness (QED) is 0.678. The lowest BCUT2D eigenvalue weighted by Gasteiger charge is -2.38. The average molecular weight is 253 g/mol. The molecular formula is C9H14F3N3S. The molecule has 3 nitrogen and oxygen atoms in total. The summed E-state index contributed by atoms with van der Waals surface area (Å²) in [5, 5.41) is 5.92. The van der Waals surface area contributed by atoms with E-state index in [-0.39, 0.29) is 11.2 Å². The molecule has 0 aliphatic carbocycles. The summed E-state index contributed by atoms with van der Waals surface area (Å²) in [5.74, 6) is 0. The number of thiocarbonyl (C=S) groups is 1. The van der Waals surface area contributed by atoms with Crippen LogP contribution in [0.2, 0.25) is 0 Å². The molecule has 3 atom stereocenters. The van der Waals surface area contributed by atoms with Gasteiger partial charge in [-0.1, -0.05) is 0 Å². The van der Waals surface area contributed by atoms with Gasteiger partial charge in [-0.25, -0.2) is 0 Å². The van der Waals surface area contributed by atoms with Crippen LogP contribution in [0.5, 0.6) is 0 Å². The highest BCUT2D eigenvalue weighted by molar-refractivity contribution is 7.80. The third-order valence-corrected chi connectivity index (χ3v) is 3.47. The maximum absolute atomic E-state index is 12.9. The molecule has 7 heteroatoms. The number of fused-ring (bicyclic) bond motifs is 2. The van der Waals surface area contributed by atoms with E-state index in [1.807, 2.05) is 6.92 Å². The van der Waals surface area contributed by atoms with Gasteiger partial charge in [0.05, 0.1) is 0 Å². The van der Waals surface area contributed by atoms with E-state index in [1.165, 1.54) is 4.90 Å². The van der Waals surface area contributed by atoms with Gasteiger partial charge in [-0.3, -0.25) is 0 Å². The average Bonchev–Trinajstić information content (AvgIpc) is 2.74. The summed E-state index contributed by atoms with van der Waals surface area (Å²) in [6, 6.07) is -2.11. The van der Waals surface area contributed by atoms with E-state index in [9.17, 15) is 13.2 Å². The zero-order valence-electron chi connectivity index (χ0n) is 8.84. The van der Waals surface area contributed by atoms with Crippen molar-refractivity contribution in [2.75, 3.05) is 13.1 Å². The number of hydrogen-bond acceptors (Lipinski definition) is 2. The van der Waals surface area contributed by atoms with Gasteiger partial charge in [0.25, 0.3) is 0 Å². The second-order valence-corrected chi connectivity index (χ2v) is 4.52. The smallest absolute Gasteiger partial charge is 0.363 e. The van der Waals surface area contributed by atoms with Crippen molar-refractivity contribution in [2.24, 2.45) is 0 Å². The van der Waals surface area contributed by atoms with Gasteiger partial charge in [-0.2, -0.15) is 13.2 Å². The molecule has 2 aliphatic rings. The van der Waals surface area contributed by atoms with Crippen molar-refractivity contribution >= 4 is 17.3 Å². The summed E-state index contributed by atoms with van der Waals surface area (Å²) in [6.45, 7) is 2.95. The van der Waals surface area contributed by atoms with Crippen LogP contribution in [0.4, 0.5) is 13.2 Å². The van der Waals surface area contributed by atoms with Crippen molar-refractivity contribution in [3.8, 4) is 0 Å². The van der Waals surface area contributed by atoms with Gasteiger partial charge in [0.1, 0.15) is 6.04 Å². The van der Waals surface area contributed by atoms with Crippen molar-refractivity contribution in [3.05, 3.63) is 0 Å². The molecule has 2 heterocycles. The third kappa shape index (κ3) is 1.86. The van der Waals surface area contributed by atoms with Gasteiger partial charge in [-0.05, 0) is 25.6 Å². The summed E-state index contributed by atoms with van der Waals surface area (Å²) in [4.78, 5) is 1.32. The predicted octanol–water partition coefficient (Wildman–Crippen LogP) is 0.858. The Bertz CT molecular complexity index is 294. The molecule has 2 saturated heterocycles. The Kier molecular flexibility index (Phi) is 3.00. The van der Waals surface area contributed by atoms with E-state index in [1.54, 1.807) is 0 Å². The molecule has 0 radical (unpaired) electrons. The zero-order chi connectivity index (χ0) is 11.9. The molecule has 2 bridgehead atoms. The second-order valence-electron chi connectivity index (χ2n) is 4.13. The zero-order valence-corrected chi connectivity index (χ0v) is 9.66. The third-order valence-electron chi connectivity index (χ3n) is 3.11. The fourth-order valence-corrected chi connectivity index (χ4v) is 2.95. The number of likely N-dealkylation sites (tertiary alicyclic amines) is 1. The SMILES string of the molecule is CCNC(=S)N1C2CNC(C2)C1C(F)(F)F. The molecule has 16 heavy (non-hydrogen) atoms. The monoisotopic (exact) mass is 253 g/mol. The summed E-state index contributed by atoms with van der Waals surface area (Å²) in [7, 11) is 0. The van der Waals surface area contributed by atoms with Gasteiger partial charge in [0.15, 0.2) is 5.11 Å². The molecule has 0 saturated carbocycles. The van der Waals surface area contributed by atoms with Crippen LogP contribution in [0.1, 0.15) is 13.3 Å². The van der Waals surface area contributed by atoms with Crippen LogP contribution in [0.25, 0.3) is 0 Å². The lowest BCUT2D eigenvalue weighted by molar-refractivity contribution is -0.177. The maximum atomic E-state index is 12.9. The fraction of sp³-hybridized carbons (Fsp3) is 0.889. The van der Waals surface area contributed by atoms with E-state index >= 15 is 0 Å². The van der Waals surface area contributed by atoms with Crippen LogP contribution in [0.3, 0.4) is 0 Å². The van der Waals surface area contributed by atoms with Gasteiger partial charge in [0.2, 0.25) is 0 Å². The minimum atomic E-state index is -4.23. The van der Waals surface area contributed by atoms with E-state index in [2.05, 4.69) is 10.6 Å². The number of rotatable bonds is 1. The summed E-state index contributed by atoms with van der Waals surface area (Å²) in [5.41, 5.74) is 0. The minimum absolute atomic E-state index is 0.122.